The molecule has 104 valence electrons. The van der Waals surface area contributed by atoms with Crippen molar-refractivity contribution in [3.05, 3.63) is 24.3 Å². The summed E-state index contributed by atoms with van der Waals surface area (Å²) in [5.41, 5.74) is 0.249. The van der Waals surface area contributed by atoms with Crippen LogP contribution in [0.3, 0.4) is 0 Å². The Morgan fingerprint density at radius 2 is 1.95 bits per heavy atom. The predicted octanol–water partition coefficient (Wildman–Crippen LogP) is 2.92. The summed E-state index contributed by atoms with van der Waals surface area (Å²) < 4.78 is 5.14. The molecule has 0 aromatic heterocycles. The van der Waals surface area contributed by atoms with Gasteiger partial charge in [0.25, 0.3) is 0 Å². The SMILES string of the molecule is CCC(=O)Nc1cccc(OC(=O)NC(C)(C)C)c1. The molecule has 1 rings (SSSR count). The van der Waals surface area contributed by atoms with Crippen LogP contribution in [0.1, 0.15) is 34.1 Å². The van der Waals surface area contributed by atoms with Gasteiger partial charge in [0.2, 0.25) is 5.91 Å². The summed E-state index contributed by atoms with van der Waals surface area (Å²) in [4.78, 5) is 22.9. The van der Waals surface area contributed by atoms with Crippen molar-refractivity contribution in [1.82, 2.24) is 5.32 Å². The minimum Gasteiger partial charge on any atom is -0.410 e. The number of rotatable bonds is 3. The quantitative estimate of drug-likeness (QED) is 0.882. The van der Waals surface area contributed by atoms with Crippen LogP contribution in [0.15, 0.2) is 24.3 Å². The lowest BCUT2D eigenvalue weighted by Gasteiger charge is -2.19. The lowest BCUT2D eigenvalue weighted by molar-refractivity contribution is -0.115. The van der Waals surface area contributed by atoms with E-state index in [0.717, 1.165) is 0 Å². The highest BCUT2D eigenvalue weighted by molar-refractivity contribution is 5.90. The molecule has 2 N–H and O–H groups in total. The molecule has 0 atom stereocenters. The van der Waals surface area contributed by atoms with Crippen molar-refractivity contribution in [2.45, 2.75) is 39.7 Å². The van der Waals surface area contributed by atoms with Crippen LogP contribution in [0.2, 0.25) is 0 Å². The largest absolute Gasteiger partial charge is 0.413 e. The molecular formula is C14H20N2O3. The molecule has 0 saturated heterocycles. The summed E-state index contributed by atoms with van der Waals surface area (Å²) >= 11 is 0. The van der Waals surface area contributed by atoms with E-state index in [4.69, 9.17) is 4.74 Å². The second-order valence-corrected chi connectivity index (χ2v) is 5.19. The molecule has 19 heavy (non-hydrogen) atoms. The first-order valence-electron chi connectivity index (χ1n) is 6.20. The van der Waals surface area contributed by atoms with Gasteiger partial charge in [-0.05, 0) is 32.9 Å². The molecule has 0 radical (unpaired) electrons. The van der Waals surface area contributed by atoms with Crippen molar-refractivity contribution < 1.29 is 14.3 Å². The number of ether oxygens (including phenoxy) is 1. The maximum Gasteiger partial charge on any atom is 0.413 e. The Morgan fingerprint density at radius 3 is 2.53 bits per heavy atom. The van der Waals surface area contributed by atoms with Crippen LogP contribution in [-0.4, -0.2) is 17.5 Å². The number of amides is 2. The normalized spacial score (nSPS) is 10.7. The van der Waals surface area contributed by atoms with Gasteiger partial charge in [-0.25, -0.2) is 4.79 Å². The van der Waals surface area contributed by atoms with Crippen LogP contribution in [0.5, 0.6) is 5.75 Å². The number of hydrogen-bond donors (Lipinski definition) is 2. The third-order valence-corrected chi connectivity index (χ3v) is 2.13. The molecule has 0 aliphatic carbocycles. The zero-order chi connectivity index (χ0) is 14.5. The highest BCUT2D eigenvalue weighted by atomic mass is 16.6. The molecule has 2 amide bonds. The van der Waals surface area contributed by atoms with E-state index in [1.54, 1.807) is 31.2 Å². The molecule has 0 aliphatic heterocycles. The Balaban J connectivity index is 2.67. The molecule has 0 fully saturated rings. The van der Waals surface area contributed by atoms with Crippen LogP contribution in [0, 0.1) is 0 Å². The van der Waals surface area contributed by atoms with Gasteiger partial charge in [0.15, 0.2) is 0 Å². The third kappa shape index (κ3) is 5.90. The molecule has 0 spiro atoms. The van der Waals surface area contributed by atoms with E-state index in [1.807, 2.05) is 20.8 Å². The van der Waals surface area contributed by atoms with Gasteiger partial charge in [0, 0.05) is 23.7 Å². The first-order valence-corrected chi connectivity index (χ1v) is 6.20. The molecule has 1 aromatic carbocycles. The number of carbonyl (C=O) groups excluding carboxylic acids is 2. The van der Waals surface area contributed by atoms with Crippen LogP contribution < -0.4 is 15.4 Å². The van der Waals surface area contributed by atoms with E-state index in [0.29, 0.717) is 17.9 Å². The van der Waals surface area contributed by atoms with Gasteiger partial charge < -0.3 is 15.4 Å². The molecule has 5 nitrogen and oxygen atoms in total. The van der Waals surface area contributed by atoms with Crippen molar-refractivity contribution in [3.8, 4) is 5.75 Å². The molecular weight excluding hydrogens is 244 g/mol. The van der Waals surface area contributed by atoms with E-state index in [-0.39, 0.29) is 11.4 Å². The fourth-order valence-corrected chi connectivity index (χ4v) is 1.33. The van der Waals surface area contributed by atoms with Gasteiger partial charge in [-0.15, -0.1) is 0 Å². The van der Waals surface area contributed by atoms with Crippen LogP contribution in [-0.2, 0) is 4.79 Å². The Kier molecular flexibility index (Phi) is 4.92. The lowest BCUT2D eigenvalue weighted by Crippen LogP contribution is -2.42. The van der Waals surface area contributed by atoms with E-state index in [2.05, 4.69) is 10.6 Å². The standard InChI is InChI=1S/C14H20N2O3/c1-5-12(17)15-10-7-6-8-11(9-10)19-13(18)16-14(2,3)4/h6-9H,5H2,1-4H3,(H,15,17)(H,16,18). The molecule has 0 unspecified atom stereocenters. The fourth-order valence-electron chi connectivity index (χ4n) is 1.33. The fraction of sp³-hybridized carbons (Fsp3) is 0.429. The van der Waals surface area contributed by atoms with Crippen molar-refractivity contribution in [1.29, 1.82) is 0 Å². The number of hydrogen-bond acceptors (Lipinski definition) is 3. The van der Waals surface area contributed by atoms with Gasteiger partial charge in [0.1, 0.15) is 5.75 Å². The highest BCUT2D eigenvalue weighted by Gasteiger charge is 2.15. The van der Waals surface area contributed by atoms with Crippen molar-refractivity contribution in [2.24, 2.45) is 0 Å². The van der Waals surface area contributed by atoms with Crippen LogP contribution in [0.4, 0.5) is 10.5 Å². The van der Waals surface area contributed by atoms with E-state index in [1.165, 1.54) is 0 Å². The number of carbonyl (C=O) groups is 2. The first kappa shape index (κ1) is 15.0. The summed E-state index contributed by atoms with van der Waals surface area (Å²) in [6.45, 7) is 7.37. The smallest absolute Gasteiger partial charge is 0.410 e. The zero-order valence-corrected chi connectivity index (χ0v) is 11.7. The van der Waals surface area contributed by atoms with Crippen molar-refractivity contribution in [3.63, 3.8) is 0 Å². The minimum absolute atomic E-state index is 0.0868. The van der Waals surface area contributed by atoms with Crippen molar-refractivity contribution in [2.75, 3.05) is 5.32 Å². The Labute approximate surface area is 113 Å². The molecule has 0 saturated carbocycles. The maximum absolute atomic E-state index is 11.6. The summed E-state index contributed by atoms with van der Waals surface area (Å²) in [5, 5.41) is 5.39. The summed E-state index contributed by atoms with van der Waals surface area (Å²) in [7, 11) is 0. The molecule has 0 aliphatic rings. The summed E-state index contributed by atoms with van der Waals surface area (Å²) in [6, 6.07) is 6.71. The van der Waals surface area contributed by atoms with Gasteiger partial charge >= 0.3 is 6.09 Å². The van der Waals surface area contributed by atoms with Crippen LogP contribution >= 0.6 is 0 Å². The van der Waals surface area contributed by atoms with E-state index < -0.39 is 6.09 Å². The monoisotopic (exact) mass is 264 g/mol. The average molecular weight is 264 g/mol. The third-order valence-electron chi connectivity index (χ3n) is 2.13. The summed E-state index contributed by atoms with van der Waals surface area (Å²) in [6.07, 6.45) is -0.123. The van der Waals surface area contributed by atoms with Gasteiger partial charge in [-0.3, -0.25) is 4.79 Å². The zero-order valence-electron chi connectivity index (χ0n) is 11.7. The second kappa shape index (κ2) is 6.22. The minimum atomic E-state index is -0.522. The van der Waals surface area contributed by atoms with Crippen molar-refractivity contribution >= 4 is 17.7 Å². The topological polar surface area (TPSA) is 67.4 Å². The maximum atomic E-state index is 11.6. The molecule has 5 heteroatoms. The first-order chi connectivity index (χ1) is 8.80. The lowest BCUT2D eigenvalue weighted by atomic mass is 10.1. The predicted molar refractivity (Wildman–Crippen MR) is 74.3 cm³/mol. The van der Waals surface area contributed by atoms with E-state index >= 15 is 0 Å². The van der Waals surface area contributed by atoms with Crippen LogP contribution in [0.25, 0.3) is 0 Å². The van der Waals surface area contributed by atoms with E-state index in [9.17, 15) is 9.59 Å². The summed E-state index contributed by atoms with van der Waals surface area (Å²) in [5.74, 6) is 0.298. The number of benzene rings is 1. The second-order valence-electron chi connectivity index (χ2n) is 5.19. The molecule has 1 aromatic rings. The van der Waals surface area contributed by atoms with Gasteiger partial charge in [0.05, 0.1) is 0 Å². The van der Waals surface area contributed by atoms with Gasteiger partial charge in [-0.1, -0.05) is 13.0 Å². The molecule has 0 heterocycles. The molecule has 0 bridgehead atoms. The Morgan fingerprint density at radius 1 is 1.26 bits per heavy atom. The number of nitrogens with one attached hydrogen (secondary N) is 2. The highest BCUT2D eigenvalue weighted by Crippen LogP contribution is 2.18. The number of anilines is 1. The average Bonchev–Trinajstić information content (AvgIpc) is 2.26. The van der Waals surface area contributed by atoms with Gasteiger partial charge in [-0.2, -0.15) is 0 Å². The Hall–Kier alpha value is -2.04. The Bertz CT molecular complexity index is 464.